The molecule has 0 spiro atoms. The van der Waals surface area contributed by atoms with Crippen molar-refractivity contribution in [3.8, 4) is 16.9 Å². The number of halogens is 3. The van der Waals surface area contributed by atoms with E-state index in [9.17, 15) is 37.8 Å². The molecule has 0 bridgehead atoms. The number of aliphatic hydroxyl groups is 1. The van der Waals surface area contributed by atoms with E-state index in [2.05, 4.69) is 0 Å². The van der Waals surface area contributed by atoms with E-state index >= 15 is 0 Å². The van der Waals surface area contributed by atoms with Crippen molar-refractivity contribution in [3.63, 3.8) is 0 Å². The molecule has 0 heterocycles. The summed E-state index contributed by atoms with van der Waals surface area (Å²) < 4.78 is 45.5. The molecule has 6 rings (SSSR count). The number of phenols is 1. The van der Waals surface area contributed by atoms with Crippen molar-refractivity contribution in [2.75, 3.05) is 0 Å². The van der Waals surface area contributed by atoms with Gasteiger partial charge in [-0.2, -0.15) is 13.2 Å². The van der Waals surface area contributed by atoms with Crippen LogP contribution in [0.4, 0.5) is 13.2 Å². The fourth-order valence-electron chi connectivity index (χ4n) is 6.71. The van der Waals surface area contributed by atoms with Crippen LogP contribution in [0.25, 0.3) is 16.9 Å². The number of aliphatic hydroxyl groups excluding tert-OH is 1. The second-order valence-electron chi connectivity index (χ2n) is 11.3. The van der Waals surface area contributed by atoms with E-state index in [1.807, 2.05) is 30.3 Å². The van der Waals surface area contributed by atoms with Gasteiger partial charge in [0, 0.05) is 12.0 Å². The van der Waals surface area contributed by atoms with Crippen molar-refractivity contribution in [1.29, 1.82) is 0 Å². The van der Waals surface area contributed by atoms with Crippen LogP contribution >= 0.6 is 0 Å². The first-order valence-corrected chi connectivity index (χ1v) is 13.9. The van der Waals surface area contributed by atoms with Crippen LogP contribution in [0, 0.1) is 17.8 Å². The molecule has 3 aromatic rings. The van der Waals surface area contributed by atoms with Gasteiger partial charge in [-0.25, -0.2) is 0 Å². The number of alkyl halides is 3. The van der Waals surface area contributed by atoms with Gasteiger partial charge in [0.05, 0.1) is 22.6 Å². The molecule has 0 amide bonds. The van der Waals surface area contributed by atoms with Crippen LogP contribution in [0.1, 0.15) is 42.0 Å². The van der Waals surface area contributed by atoms with Crippen LogP contribution in [0.15, 0.2) is 83.6 Å². The Balaban J connectivity index is 1.37. The zero-order valence-electron chi connectivity index (χ0n) is 23.1. The van der Waals surface area contributed by atoms with Gasteiger partial charge in [-0.3, -0.25) is 14.4 Å². The van der Waals surface area contributed by atoms with Gasteiger partial charge in [0.1, 0.15) is 23.9 Å². The number of phenolic OH excluding ortho intramolecular Hbond substituents is 1. The number of hydrogen-bond donors (Lipinski definition) is 2. The molecule has 3 aliphatic carbocycles. The van der Waals surface area contributed by atoms with Gasteiger partial charge in [-0.05, 0) is 72.1 Å². The standard InChI is InChI=1S/C34H27F3O6/c1-17(38)27-26(43-16-18-5-3-2-4-6-18)15-21-13-20-14-24-23(19-7-9-22(10-8-19)34(35,36)37)11-12-25(39)30(24)33(42)28(20)32(41)29(21)31(27)40/h2-12,20-21,29,39,42H,13-16H2,1H3. The van der Waals surface area contributed by atoms with Gasteiger partial charge in [0.2, 0.25) is 0 Å². The maximum absolute atomic E-state index is 13.9. The molecule has 43 heavy (non-hydrogen) atoms. The molecule has 3 aliphatic rings. The Bertz CT molecular complexity index is 1720. The minimum atomic E-state index is -4.50. The maximum atomic E-state index is 13.9. The molecule has 1 saturated carbocycles. The van der Waals surface area contributed by atoms with Gasteiger partial charge in [-0.1, -0.05) is 48.5 Å². The smallest absolute Gasteiger partial charge is 0.416 e. The molecule has 0 aliphatic heterocycles. The number of ether oxygens (including phenoxy) is 1. The van der Waals surface area contributed by atoms with Crippen molar-refractivity contribution in [1.82, 2.24) is 0 Å². The lowest BCUT2D eigenvalue weighted by molar-refractivity contribution is -0.138. The quantitative estimate of drug-likeness (QED) is 0.252. The number of Topliss-reactive ketones (excluding diaryl/α,β-unsaturated/α-hetero) is 3. The third-order valence-electron chi connectivity index (χ3n) is 8.63. The van der Waals surface area contributed by atoms with E-state index in [1.165, 1.54) is 25.1 Å². The monoisotopic (exact) mass is 588 g/mol. The first-order valence-electron chi connectivity index (χ1n) is 13.9. The third-order valence-corrected chi connectivity index (χ3v) is 8.63. The Kier molecular flexibility index (Phi) is 6.99. The lowest BCUT2D eigenvalue weighted by Crippen LogP contribution is -2.46. The number of aromatic hydroxyl groups is 1. The van der Waals surface area contributed by atoms with E-state index < -0.39 is 52.6 Å². The fraction of sp³-hybridized carbons (Fsp3) is 0.265. The second-order valence-corrected chi connectivity index (χ2v) is 11.3. The second kappa shape index (κ2) is 10.6. The first-order chi connectivity index (χ1) is 20.5. The van der Waals surface area contributed by atoms with Crippen molar-refractivity contribution in [2.24, 2.45) is 17.8 Å². The SMILES string of the molecule is CC(=O)C1=C(OCc2ccccc2)CC2CC3Cc4c(-c5ccc(C(F)(F)F)cc5)ccc(O)c4C(O)=C3C(=O)C2C1=O. The predicted octanol–water partition coefficient (Wildman–Crippen LogP) is 6.76. The highest BCUT2D eigenvalue weighted by atomic mass is 19.4. The predicted molar refractivity (Wildman–Crippen MR) is 150 cm³/mol. The van der Waals surface area contributed by atoms with Crippen LogP contribution in [-0.4, -0.2) is 27.6 Å². The van der Waals surface area contributed by atoms with E-state index in [0.717, 1.165) is 17.7 Å². The Morgan fingerprint density at radius 3 is 2.28 bits per heavy atom. The fourth-order valence-corrected chi connectivity index (χ4v) is 6.71. The number of carbonyl (C=O) groups excluding carboxylic acids is 3. The van der Waals surface area contributed by atoms with Gasteiger partial charge in [-0.15, -0.1) is 0 Å². The largest absolute Gasteiger partial charge is 0.507 e. The number of fused-ring (bicyclic) bond motifs is 3. The highest BCUT2D eigenvalue weighted by Crippen LogP contribution is 2.51. The average molecular weight is 589 g/mol. The molecule has 2 N–H and O–H groups in total. The number of ketones is 3. The lowest BCUT2D eigenvalue weighted by atomic mass is 9.60. The number of hydrogen-bond acceptors (Lipinski definition) is 6. The van der Waals surface area contributed by atoms with Crippen LogP contribution < -0.4 is 0 Å². The van der Waals surface area contributed by atoms with Gasteiger partial charge in [0.15, 0.2) is 17.3 Å². The van der Waals surface area contributed by atoms with Gasteiger partial charge < -0.3 is 14.9 Å². The molecule has 3 unspecified atom stereocenters. The molecule has 220 valence electrons. The van der Waals surface area contributed by atoms with Crippen molar-refractivity contribution < 1.29 is 42.5 Å². The molecule has 3 atom stereocenters. The minimum absolute atomic E-state index is 0.0212. The summed E-state index contributed by atoms with van der Waals surface area (Å²) in [6.45, 7) is 1.40. The van der Waals surface area contributed by atoms with E-state index in [4.69, 9.17) is 4.74 Å². The van der Waals surface area contributed by atoms with Crippen LogP contribution in [0.5, 0.6) is 5.75 Å². The summed E-state index contributed by atoms with van der Waals surface area (Å²) in [5, 5.41) is 22.1. The van der Waals surface area contributed by atoms with Crippen LogP contribution in [-0.2, 0) is 38.3 Å². The van der Waals surface area contributed by atoms with Crippen molar-refractivity contribution >= 4 is 23.1 Å². The minimum Gasteiger partial charge on any atom is -0.507 e. The lowest BCUT2D eigenvalue weighted by Gasteiger charge is -2.41. The van der Waals surface area contributed by atoms with E-state index in [1.54, 1.807) is 6.07 Å². The number of rotatable bonds is 5. The summed E-state index contributed by atoms with van der Waals surface area (Å²) in [4.78, 5) is 40.1. The molecule has 9 heteroatoms. The molecule has 0 radical (unpaired) electrons. The Morgan fingerprint density at radius 1 is 0.930 bits per heavy atom. The molecule has 1 fully saturated rings. The summed E-state index contributed by atoms with van der Waals surface area (Å²) in [5.41, 5.74) is 1.43. The molecule has 0 aromatic heterocycles. The Morgan fingerprint density at radius 2 is 1.63 bits per heavy atom. The van der Waals surface area contributed by atoms with E-state index in [0.29, 0.717) is 23.1 Å². The molecule has 6 nitrogen and oxygen atoms in total. The topological polar surface area (TPSA) is 101 Å². The Hall–Kier alpha value is -4.66. The normalized spacial score (nSPS) is 21.7. The zero-order valence-corrected chi connectivity index (χ0v) is 23.1. The van der Waals surface area contributed by atoms with Crippen LogP contribution in [0.2, 0.25) is 0 Å². The molecule has 0 saturated heterocycles. The van der Waals surface area contributed by atoms with Gasteiger partial charge in [0.25, 0.3) is 0 Å². The Labute approximate surface area is 245 Å². The summed E-state index contributed by atoms with van der Waals surface area (Å²) in [6.07, 6.45) is -3.77. The summed E-state index contributed by atoms with van der Waals surface area (Å²) in [6, 6.07) is 16.8. The average Bonchev–Trinajstić information content (AvgIpc) is 2.96. The van der Waals surface area contributed by atoms with Crippen molar-refractivity contribution in [3.05, 3.63) is 106 Å². The highest BCUT2D eigenvalue weighted by molar-refractivity contribution is 6.28. The summed E-state index contributed by atoms with van der Waals surface area (Å²) in [7, 11) is 0. The summed E-state index contributed by atoms with van der Waals surface area (Å²) in [5.74, 6) is -4.40. The van der Waals surface area contributed by atoms with Gasteiger partial charge >= 0.3 is 6.18 Å². The number of benzene rings is 3. The summed E-state index contributed by atoms with van der Waals surface area (Å²) >= 11 is 0. The molecular formula is C34H27F3O6. The maximum Gasteiger partial charge on any atom is 0.416 e. The molecular weight excluding hydrogens is 561 g/mol. The highest BCUT2D eigenvalue weighted by Gasteiger charge is 2.52. The van der Waals surface area contributed by atoms with E-state index in [-0.39, 0.29) is 47.7 Å². The zero-order chi connectivity index (χ0) is 30.6. The van der Waals surface area contributed by atoms with Crippen molar-refractivity contribution in [2.45, 2.75) is 39.0 Å². The number of allylic oxidation sites excluding steroid dienone is 3. The molecule has 3 aromatic carbocycles. The first kappa shape index (κ1) is 28.5. The number of carbonyl (C=O) groups is 3. The third kappa shape index (κ3) is 4.92. The van der Waals surface area contributed by atoms with Crippen LogP contribution in [0.3, 0.4) is 0 Å².